The van der Waals surface area contributed by atoms with E-state index in [4.69, 9.17) is 9.84 Å². The Kier molecular flexibility index (Phi) is 2.90. The molecular formula is C12H15NO3S. The first-order chi connectivity index (χ1) is 8.24. The topological polar surface area (TPSA) is 58.6 Å². The Hall–Kier alpha value is -0.910. The first-order valence-corrected chi connectivity index (χ1v) is 6.80. The van der Waals surface area contributed by atoms with E-state index in [9.17, 15) is 4.79 Å². The van der Waals surface area contributed by atoms with Gasteiger partial charge in [0.1, 0.15) is 4.88 Å². The number of hydrogen-bond acceptors (Lipinski definition) is 4. The van der Waals surface area contributed by atoms with Crippen molar-refractivity contribution in [3.63, 3.8) is 0 Å². The van der Waals surface area contributed by atoms with Gasteiger partial charge in [0.15, 0.2) is 0 Å². The van der Waals surface area contributed by atoms with E-state index in [1.54, 1.807) is 0 Å². The molecule has 92 valence electrons. The Morgan fingerprint density at radius 1 is 1.59 bits per heavy atom. The molecule has 0 aliphatic carbocycles. The van der Waals surface area contributed by atoms with Gasteiger partial charge in [0.05, 0.1) is 12.2 Å². The van der Waals surface area contributed by atoms with Gasteiger partial charge in [0.2, 0.25) is 0 Å². The third kappa shape index (κ3) is 2.10. The average molecular weight is 253 g/mol. The third-order valence-electron chi connectivity index (χ3n) is 3.60. The van der Waals surface area contributed by atoms with Crippen LogP contribution in [0.4, 0.5) is 0 Å². The zero-order valence-corrected chi connectivity index (χ0v) is 10.2. The molecule has 1 aromatic rings. The van der Waals surface area contributed by atoms with Crippen LogP contribution in [0.2, 0.25) is 0 Å². The van der Waals surface area contributed by atoms with Gasteiger partial charge in [-0.1, -0.05) is 0 Å². The van der Waals surface area contributed by atoms with Gasteiger partial charge in [-0.05, 0) is 36.3 Å². The fourth-order valence-corrected chi connectivity index (χ4v) is 3.52. The number of rotatable bonds is 4. The fourth-order valence-electron chi connectivity index (χ4n) is 2.76. The molecule has 2 N–H and O–H groups in total. The summed E-state index contributed by atoms with van der Waals surface area (Å²) in [4.78, 5) is 11.4. The second kappa shape index (κ2) is 4.40. The zero-order chi connectivity index (χ0) is 11.8. The van der Waals surface area contributed by atoms with Crippen molar-refractivity contribution in [3.05, 3.63) is 21.9 Å². The first kappa shape index (κ1) is 11.2. The van der Waals surface area contributed by atoms with E-state index >= 15 is 0 Å². The van der Waals surface area contributed by atoms with Gasteiger partial charge in [-0.15, -0.1) is 11.3 Å². The van der Waals surface area contributed by atoms with Crippen LogP contribution in [0.25, 0.3) is 0 Å². The van der Waals surface area contributed by atoms with Crippen molar-refractivity contribution in [3.8, 4) is 0 Å². The maximum absolute atomic E-state index is 11.0. The molecule has 2 aliphatic rings. The molecule has 3 unspecified atom stereocenters. The first-order valence-electron chi connectivity index (χ1n) is 5.92. The summed E-state index contributed by atoms with van der Waals surface area (Å²) in [6.45, 7) is 0.627. The van der Waals surface area contributed by atoms with Crippen LogP contribution in [0.3, 0.4) is 0 Å². The van der Waals surface area contributed by atoms with Crippen LogP contribution in [-0.2, 0) is 11.3 Å². The summed E-state index contributed by atoms with van der Waals surface area (Å²) in [5, 5.41) is 14.3. The Balaban J connectivity index is 1.60. The molecular weight excluding hydrogens is 238 g/mol. The number of thiophene rings is 1. The summed E-state index contributed by atoms with van der Waals surface area (Å²) in [6.07, 6.45) is 4.15. The number of ether oxygens (including phenoxy) is 1. The van der Waals surface area contributed by atoms with Crippen molar-refractivity contribution in [1.29, 1.82) is 0 Å². The number of aromatic carboxylic acids is 1. The lowest BCUT2D eigenvalue weighted by molar-refractivity contribution is 0.0701. The summed E-state index contributed by atoms with van der Waals surface area (Å²) in [5.41, 5.74) is 0.880. The largest absolute Gasteiger partial charge is 0.477 e. The van der Waals surface area contributed by atoms with Gasteiger partial charge in [0.25, 0.3) is 0 Å². The van der Waals surface area contributed by atoms with Gasteiger partial charge >= 0.3 is 5.97 Å². The van der Waals surface area contributed by atoms with E-state index in [2.05, 4.69) is 5.32 Å². The quantitative estimate of drug-likeness (QED) is 0.860. The van der Waals surface area contributed by atoms with Crippen molar-refractivity contribution in [2.75, 3.05) is 0 Å². The second-order valence-corrected chi connectivity index (χ2v) is 5.59. The van der Waals surface area contributed by atoms with E-state index < -0.39 is 5.97 Å². The molecule has 1 aromatic heterocycles. The minimum Gasteiger partial charge on any atom is -0.477 e. The molecule has 3 heterocycles. The van der Waals surface area contributed by atoms with Crippen LogP contribution >= 0.6 is 11.3 Å². The summed E-state index contributed by atoms with van der Waals surface area (Å²) in [7, 11) is 0. The van der Waals surface area contributed by atoms with E-state index in [1.807, 2.05) is 11.4 Å². The molecule has 17 heavy (non-hydrogen) atoms. The van der Waals surface area contributed by atoms with Crippen LogP contribution in [0.5, 0.6) is 0 Å². The highest BCUT2D eigenvalue weighted by atomic mass is 32.1. The van der Waals surface area contributed by atoms with Gasteiger partial charge in [-0.2, -0.15) is 0 Å². The molecule has 0 aromatic carbocycles. The lowest BCUT2D eigenvalue weighted by atomic mass is 9.95. The van der Waals surface area contributed by atoms with Crippen LogP contribution in [0.15, 0.2) is 11.4 Å². The number of carbonyl (C=O) groups is 1. The van der Waals surface area contributed by atoms with Gasteiger partial charge in [-0.3, -0.25) is 0 Å². The minimum atomic E-state index is -0.832. The van der Waals surface area contributed by atoms with Crippen molar-refractivity contribution in [2.45, 2.75) is 44.1 Å². The molecule has 2 aliphatic heterocycles. The van der Waals surface area contributed by atoms with E-state index in [0.717, 1.165) is 18.4 Å². The maximum atomic E-state index is 11.0. The maximum Gasteiger partial charge on any atom is 0.346 e. The van der Waals surface area contributed by atoms with Crippen LogP contribution in [0.1, 0.15) is 34.5 Å². The summed E-state index contributed by atoms with van der Waals surface area (Å²) >= 11 is 1.28. The molecule has 2 bridgehead atoms. The highest BCUT2D eigenvalue weighted by molar-refractivity contribution is 7.12. The Morgan fingerprint density at radius 2 is 2.47 bits per heavy atom. The molecule has 0 spiro atoms. The van der Waals surface area contributed by atoms with Gasteiger partial charge in [0, 0.05) is 12.6 Å². The Bertz CT molecular complexity index is 431. The SMILES string of the molecule is O=C(O)c1sccc1CNC1CC2CCC1O2. The molecule has 0 radical (unpaired) electrons. The van der Waals surface area contributed by atoms with E-state index in [0.29, 0.717) is 29.7 Å². The molecule has 4 nitrogen and oxygen atoms in total. The van der Waals surface area contributed by atoms with Crippen molar-refractivity contribution < 1.29 is 14.6 Å². The van der Waals surface area contributed by atoms with Crippen LogP contribution in [-0.4, -0.2) is 29.3 Å². The molecule has 3 atom stereocenters. The van der Waals surface area contributed by atoms with Gasteiger partial charge in [-0.25, -0.2) is 4.79 Å². The van der Waals surface area contributed by atoms with E-state index in [-0.39, 0.29) is 0 Å². The molecule has 0 saturated carbocycles. The predicted molar refractivity (Wildman–Crippen MR) is 64.4 cm³/mol. The highest BCUT2D eigenvalue weighted by Gasteiger charge is 2.40. The Labute approximate surface area is 104 Å². The van der Waals surface area contributed by atoms with Gasteiger partial charge < -0.3 is 15.2 Å². The van der Waals surface area contributed by atoms with Crippen molar-refractivity contribution in [2.24, 2.45) is 0 Å². The number of nitrogens with one attached hydrogen (secondary N) is 1. The Morgan fingerprint density at radius 3 is 3.12 bits per heavy atom. The van der Waals surface area contributed by atoms with Crippen molar-refractivity contribution in [1.82, 2.24) is 5.32 Å². The van der Waals surface area contributed by atoms with Crippen molar-refractivity contribution >= 4 is 17.3 Å². The smallest absolute Gasteiger partial charge is 0.346 e. The second-order valence-electron chi connectivity index (χ2n) is 4.68. The molecule has 2 saturated heterocycles. The minimum absolute atomic E-state index is 0.340. The average Bonchev–Trinajstić information content (AvgIpc) is 3.01. The summed E-state index contributed by atoms with van der Waals surface area (Å²) in [5.74, 6) is -0.832. The highest BCUT2D eigenvalue weighted by Crippen LogP contribution is 2.34. The normalized spacial score (nSPS) is 30.9. The summed E-state index contributed by atoms with van der Waals surface area (Å²) in [6, 6.07) is 2.28. The lowest BCUT2D eigenvalue weighted by Gasteiger charge is -2.19. The molecule has 0 amide bonds. The molecule has 5 heteroatoms. The fraction of sp³-hybridized carbons (Fsp3) is 0.583. The number of hydrogen-bond donors (Lipinski definition) is 2. The number of carboxylic acid groups (broad SMARTS) is 1. The number of carboxylic acids is 1. The number of fused-ring (bicyclic) bond motifs is 2. The monoisotopic (exact) mass is 253 g/mol. The van der Waals surface area contributed by atoms with Crippen LogP contribution in [0, 0.1) is 0 Å². The molecule has 3 rings (SSSR count). The zero-order valence-electron chi connectivity index (χ0n) is 9.39. The molecule has 2 fully saturated rings. The standard InChI is InChI=1S/C12H15NO3S/c14-12(15)11-7(3-4-17-11)6-13-9-5-8-1-2-10(9)16-8/h3-4,8-10,13H,1-2,5-6H2,(H,14,15). The summed E-state index contributed by atoms with van der Waals surface area (Å²) < 4.78 is 5.76. The lowest BCUT2D eigenvalue weighted by Crippen LogP contribution is -2.37. The van der Waals surface area contributed by atoms with E-state index in [1.165, 1.54) is 17.8 Å². The van der Waals surface area contributed by atoms with Crippen LogP contribution < -0.4 is 5.32 Å². The predicted octanol–water partition coefficient (Wildman–Crippen LogP) is 1.86. The third-order valence-corrected chi connectivity index (χ3v) is 4.55.